The second-order valence-electron chi connectivity index (χ2n) is 9.52. The molecule has 36 heavy (non-hydrogen) atoms. The minimum Gasteiger partial charge on any atom is -0.367 e. The van der Waals surface area contributed by atoms with Crippen LogP contribution in [0.3, 0.4) is 0 Å². The Labute approximate surface area is 224 Å². The van der Waals surface area contributed by atoms with E-state index in [0.717, 1.165) is 36.8 Å². The third-order valence-electron chi connectivity index (χ3n) is 6.88. The third-order valence-corrected chi connectivity index (χ3v) is 8.62. The first-order valence-corrected chi connectivity index (χ1v) is 13.7. The summed E-state index contributed by atoms with van der Waals surface area (Å²) in [5.41, 5.74) is 2.49. The van der Waals surface area contributed by atoms with Crippen molar-refractivity contribution in [3.05, 3.63) is 79.6 Å². The molecule has 0 bridgehead atoms. The van der Waals surface area contributed by atoms with Gasteiger partial charge in [-0.2, -0.15) is 0 Å². The Bertz CT molecular complexity index is 1440. The molecule has 2 aromatic heterocycles. The zero-order chi connectivity index (χ0) is 25.4. The maximum atomic E-state index is 13.6. The quantitative estimate of drug-likeness (QED) is 0.315. The lowest BCUT2D eigenvalue weighted by molar-refractivity contribution is -0.122. The molecular weight excluding hydrogens is 512 g/mol. The minimum atomic E-state index is -0.240. The van der Waals surface area contributed by atoms with Gasteiger partial charge in [0.05, 0.1) is 17.0 Å². The molecule has 1 saturated carbocycles. The molecule has 1 N–H and O–H groups in total. The van der Waals surface area contributed by atoms with E-state index in [-0.39, 0.29) is 24.1 Å². The molecule has 0 unspecified atom stereocenters. The van der Waals surface area contributed by atoms with Crippen LogP contribution in [0.5, 0.6) is 0 Å². The molecule has 1 aliphatic carbocycles. The van der Waals surface area contributed by atoms with Crippen molar-refractivity contribution in [1.82, 2.24) is 14.3 Å². The van der Waals surface area contributed by atoms with Crippen LogP contribution in [-0.4, -0.2) is 30.6 Å². The van der Waals surface area contributed by atoms with E-state index >= 15 is 0 Å². The lowest BCUT2D eigenvalue weighted by Crippen LogP contribution is -2.29. The zero-order valence-electron chi connectivity index (χ0n) is 20.2. The van der Waals surface area contributed by atoms with Gasteiger partial charge in [-0.3, -0.25) is 18.9 Å². The number of pyridine rings is 1. The number of hydrogen-bond donors (Lipinski definition) is 1. The van der Waals surface area contributed by atoms with Gasteiger partial charge in [0.25, 0.3) is 11.5 Å². The highest BCUT2D eigenvalue weighted by atomic mass is 35.5. The number of hydrogen-bond acceptors (Lipinski definition) is 6. The van der Waals surface area contributed by atoms with Gasteiger partial charge in [0.1, 0.15) is 15.8 Å². The van der Waals surface area contributed by atoms with Gasteiger partial charge in [-0.15, -0.1) is 0 Å². The van der Waals surface area contributed by atoms with Crippen LogP contribution in [0.2, 0.25) is 5.02 Å². The van der Waals surface area contributed by atoms with Gasteiger partial charge in [0.15, 0.2) is 0 Å². The smallest absolute Gasteiger partial charge is 0.267 e. The molecule has 3 aromatic rings. The Hall–Kier alpha value is -2.68. The first kappa shape index (κ1) is 25.0. The summed E-state index contributed by atoms with van der Waals surface area (Å²) >= 11 is 13.0. The van der Waals surface area contributed by atoms with Crippen LogP contribution in [0.15, 0.2) is 52.3 Å². The number of thioether (sulfide) groups is 1. The normalized spacial score (nSPS) is 21.5. The fourth-order valence-corrected chi connectivity index (χ4v) is 6.15. The highest BCUT2D eigenvalue weighted by Crippen LogP contribution is 2.35. The maximum absolute atomic E-state index is 13.6. The van der Waals surface area contributed by atoms with Crippen LogP contribution in [0.25, 0.3) is 11.7 Å². The molecule has 6 nitrogen and oxygen atoms in total. The molecule has 1 aromatic carbocycles. The highest BCUT2D eigenvalue weighted by molar-refractivity contribution is 8.26. The number of carbonyl (C=O) groups excluding carboxylic acids is 1. The van der Waals surface area contributed by atoms with Gasteiger partial charge in [-0.25, -0.2) is 4.98 Å². The zero-order valence-corrected chi connectivity index (χ0v) is 22.6. The number of thiocarbonyl (C=S) groups is 1. The summed E-state index contributed by atoms with van der Waals surface area (Å²) in [7, 11) is 0. The van der Waals surface area contributed by atoms with Crippen molar-refractivity contribution >= 4 is 63.3 Å². The van der Waals surface area contributed by atoms with E-state index in [1.54, 1.807) is 22.7 Å². The van der Waals surface area contributed by atoms with Crippen LogP contribution < -0.4 is 10.9 Å². The number of anilines is 1. The van der Waals surface area contributed by atoms with Gasteiger partial charge in [0, 0.05) is 17.3 Å². The van der Waals surface area contributed by atoms with Crippen molar-refractivity contribution in [2.45, 2.75) is 52.1 Å². The van der Waals surface area contributed by atoms with Crippen molar-refractivity contribution < 1.29 is 4.79 Å². The molecule has 5 rings (SSSR count). The molecule has 186 valence electrons. The number of fused-ring (bicyclic) bond motifs is 1. The van der Waals surface area contributed by atoms with E-state index in [4.69, 9.17) is 28.8 Å². The Balaban J connectivity index is 1.53. The Kier molecular flexibility index (Phi) is 7.19. The number of halogens is 1. The number of carbonyl (C=O) groups is 1. The summed E-state index contributed by atoms with van der Waals surface area (Å²) in [5.74, 6) is 0.987. The van der Waals surface area contributed by atoms with E-state index in [0.29, 0.717) is 37.2 Å². The standard InChI is InChI=1S/C27H27ClN4O2S2/c1-16-9-11-19(12-10-16)29-23-20(25(33)31-13-5-6-17(2)24(31)30-23)14-22-26(34)32(27(35)36-22)15-18-7-3-4-8-21(18)28/h3-8,13-14,16,19,29H,9-12,15H2,1-2H3/b22-14+. The Morgan fingerprint density at radius 2 is 1.92 bits per heavy atom. The molecule has 1 saturated heterocycles. The van der Waals surface area contributed by atoms with Crippen LogP contribution in [0, 0.1) is 12.8 Å². The van der Waals surface area contributed by atoms with Gasteiger partial charge >= 0.3 is 0 Å². The van der Waals surface area contributed by atoms with Crippen LogP contribution in [0.1, 0.15) is 49.3 Å². The summed E-state index contributed by atoms with van der Waals surface area (Å²) < 4.78 is 1.98. The van der Waals surface area contributed by atoms with E-state index in [1.807, 2.05) is 37.3 Å². The largest absolute Gasteiger partial charge is 0.367 e. The van der Waals surface area contributed by atoms with Crippen molar-refractivity contribution in [3.8, 4) is 0 Å². The predicted molar refractivity (Wildman–Crippen MR) is 151 cm³/mol. The number of aryl methyl sites for hydroxylation is 1. The second kappa shape index (κ2) is 10.4. The molecule has 2 fully saturated rings. The average molecular weight is 539 g/mol. The lowest BCUT2D eigenvalue weighted by atomic mass is 9.87. The van der Waals surface area contributed by atoms with E-state index < -0.39 is 0 Å². The molecule has 2 aliphatic rings. The SMILES string of the molecule is Cc1cccn2c(=O)c(/C=C3/SC(=S)N(Cc4ccccc4Cl)C3=O)c(NC3CCC(C)CC3)nc12. The number of rotatable bonds is 5. The minimum absolute atomic E-state index is 0.216. The fraction of sp³-hybridized carbons (Fsp3) is 0.333. The van der Waals surface area contributed by atoms with Crippen LogP contribution >= 0.6 is 35.6 Å². The van der Waals surface area contributed by atoms with Gasteiger partial charge in [-0.1, -0.05) is 66.8 Å². The number of amides is 1. The van der Waals surface area contributed by atoms with Gasteiger partial charge in [-0.05, 0) is 67.9 Å². The van der Waals surface area contributed by atoms with Crippen molar-refractivity contribution in [2.75, 3.05) is 5.32 Å². The van der Waals surface area contributed by atoms with Gasteiger partial charge < -0.3 is 5.32 Å². The van der Waals surface area contributed by atoms with Crippen LogP contribution in [-0.2, 0) is 11.3 Å². The topological polar surface area (TPSA) is 66.7 Å². The Morgan fingerprint density at radius 3 is 2.67 bits per heavy atom. The van der Waals surface area contributed by atoms with Crippen molar-refractivity contribution in [3.63, 3.8) is 0 Å². The number of nitrogens with zero attached hydrogens (tertiary/aromatic N) is 3. The van der Waals surface area contributed by atoms with E-state index in [2.05, 4.69) is 12.2 Å². The molecule has 1 aliphatic heterocycles. The summed E-state index contributed by atoms with van der Waals surface area (Å²) in [4.78, 5) is 33.8. The second-order valence-corrected chi connectivity index (χ2v) is 11.6. The molecule has 0 radical (unpaired) electrons. The lowest BCUT2D eigenvalue weighted by Gasteiger charge is -2.28. The molecule has 9 heteroatoms. The first-order valence-electron chi connectivity index (χ1n) is 12.1. The monoisotopic (exact) mass is 538 g/mol. The molecular formula is C27H27ClN4O2S2. The van der Waals surface area contributed by atoms with Crippen molar-refractivity contribution in [2.24, 2.45) is 5.92 Å². The summed E-state index contributed by atoms with van der Waals surface area (Å²) in [5, 5.41) is 4.12. The molecule has 1 amide bonds. The van der Waals surface area contributed by atoms with E-state index in [9.17, 15) is 9.59 Å². The number of nitrogens with one attached hydrogen (secondary N) is 1. The number of aromatic nitrogens is 2. The summed E-state index contributed by atoms with van der Waals surface area (Å²) in [6, 6.07) is 11.4. The van der Waals surface area contributed by atoms with E-state index in [1.165, 1.54) is 16.7 Å². The average Bonchev–Trinajstić information content (AvgIpc) is 3.12. The summed E-state index contributed by atoms with van der Waals surface area (Å²) in [6.45, 7) is 4.49. The Morgan fingerprint density at radius 1 is 1.17 bits per heavy atom. The molecule has 0 spiro atoms. The van der Waals surface area contributed by atoms with Crippen molar-refractivity contribution in [1.29, 1.82) is 0 Å². The predicted octanol–water partition coefficient (Wildman–Crippen LogP) is 6.05. The molecule has 3 heterocycles. The molecule has 0 atom stereocenters. The summed E-state index contributed by atoms with van der Waals surface area (Å²) in [6.07, 6.45) is 7.68. The maximum Gasteiger partial charge on any atom is 0.267 e. The van der Waals surface area contributed by atoms with Gasteiger partial charge in [0.2, 0.25) is 0 Å². The van der Waals surface area contributed by atoms with Crippen LogP contribution in [0.4, 0.5) is 5.82 Å². The highest BCUT2D eigenvalue weighted by Gasteiger charge is 2.33. The first-order chi connectivity index (χ1) is 17.3. The third kappa shape index (κ3) is 4.94. The number of benzene rings is 1. The fourth-order valence-electron chi connectivity index (χ4n) is 4.71.